The third-order valence-electron chi connectivity index (χ3n) is 2.66. The van der Waals surface area contributed by atoms with E-state index in [-0.39, 0.29) is 18.3 Å². The highest BCUT2D eigenvalue weighted by atomic mass is 35.5. The molecule has 0 atom stereocenters. The van der Waals surface area contributed by atoms with Gasteiger partial charge in [-0.3, -0.25) is 4.79 Å². The minimum atomic E-state index is -0.273. The molecule has 2 aromatic rings. The Kier molecular flexibility index (Phi) is 4.48. The Hall–Kier alpha value is -2.20. The van der Waals surface area contributed by atoms with Gasteiger partial charge in [0.1, 0.15) is 11.5 Å². The topological polar surface area (TPSA) is 58.6 Å². The van der Waals surface area contributed by atoms with E-state index in [4.69, 9.17) is 16.3 Å². The van der Waals surface area contributed by atoms with E-state index in [1.165, 1.54) is 6.07 Å². The molecule has 0 fully saturated rings. The van der Waals surface area contributed by atoms with Crippen LogP contribution in [-0.2, 0) is 4.79 Å². The van der Waals surface area contributed by atoms with Gasteiger partial charge in [-0.25, -0.2) is 0 Å². The van der Waals surface area contributed by atoms with E-state index in [0.29, 0.717) is 22.0 Å². The molecule has 0 aliphatic carbocycles. The van der Waals surface area contributed by atoms with Gasteiger partial charge in [-0.2, -0.15) is 0 Å². The number of aromatic hydroxyl groups is 1. The van der Waals surface area contributed by atoms with Gasteiger partial charge in [-0.15, -0.1) is 0 Å². The van der Waals surface area contributed by atoms with E-state index in [2.05, 4.69) is 5.32 Å². The van der Waals surface area contributed by atoms with Crippen molar-refractivity contribution in [3.8, 4) is 11.5 Å². The number of halogens is 1. The first-order valence-electron chi connectivity index (χ1n) is 6.02. The molecule has 0 saturated heterocycles. The first-order chi connectivity index (χ1) is 9.54. The van der Waals surface area contributed by atoms with E-state index in [1.54, 1.807) is 43.3 Å². The van der Waals surface area contributed by atoms with E-state index < -0.39 is 0 Å². The van der Waals surface area contributed by atoms with Crippen molar-refractivity contribution in [1.82, 2.24) is 0 Å². The molecule has 0 bridgehead atoms. The number of carbonyl (C=O) groups is 1. The Morgan fingerprint density at radius 3 is 2.60 bits per heavy atom. The van der Waals surface area contributed by atoms with Crippen molar-refractivity contribution >= 4 is 23.2 Å². The quantitative estimate of drug-likeness (QED) is 0.849. The lowest BCUT2D eigenvalue weighted by atomic mass is 10.2. The third kappa shape index (κ3) is 3.90. The molecule has 0 spiro atoms. The van der Waals surface area contributed by atoms with Crippen molar-refractivity contribution in [3.63, 3.8) is 0 Å². The van der Waals surface area contributed by atoms with Gasteiger partial charge in [0.2, 0.25) is 0 Å². The lowest BCUT2D eigenvalue weighted by Gasteiger charge is -2.08. The number of nitrogens with one attached hydrogen (secondary N) is 1. The number of aryl methyl sites for hydroxylation is 1. The van der Waals surface area contributed by atoms with Gasteiger partial charge in [0.25, 0.3) is 5.91 Å². The fourth-order valence-corrected chi connectivity index (χ4v) is 1.74. The molecule has 0 aliphatic rings. The second kappa shape index (κ2) is 6.30. The van der Waals surface area contributed by atoms with Crippen molar-refractivity contribution in [3.05, 3.63) is 53.1 Å². The average Bonchev–Trinajstić information content (AvgIpc) is 2.42. The first kappa shape index (κ1) is 14.2. The van der Waals surface area contributed by atoms with Crippen LogP contribution in [-0.4, -0.2) is 17.6 Å². The number of phenols is 1. The number of carbonyl (C=O) groups excluding carboxylic acids is 1. The molecule has 5 heteroatoms. The zero-order valence-electron chi connectivity index (χ0n) is 10.9. The number of rotatable bonds is 4. The van der Waals surface area contributed by atoms with Gasteiger partial charge < -0.3 is 15.2 Å². The lowest BCUT2D eigenvalue weighted by Crippen LogP contribution is -2.20. The molecular formula is C15H14ClNO3. The average molecular weight is 292 g/mol. The third-order valence-corrected chi connectivity index (χ3v) is 2.92. The molecule has 2 aromatic carbocycles. The van der Waals surface area contributed by atoms with Crippen LogP contribution in [0, 0.1) is 6.92 Å². The molecule has 104 valence electrons. The van der Waals surface area contributed by atoms with Gasteiger partial charge in [0.05, 0.1) is 0 Å². The van der Waals surface area contributed by atoms with Crippen LogP contribution in [0.2, 0.25) is 5.02 Å². The van der Waals surface area contributed by atoms with Crippen molar-refractivity contribution in [2.24, 2.45) is 0 Å². The van der Waals surface area contributed by atoms with E-state index in [1.807, 2.05) is 0 Å². The summed E-state index contributed by atoms with van der Waals surface area (Å²) in [5, 5.41) is 12.7. The molecule has 1 amide bonds. The Bertz CT molecular complexity index is 611. The van der Waals surface area contributed by atoms with Crippen LogP contribution in [0.1, 0.15) is 5.56 Å². The predicted molar refractivity (Wildman–Crippen MR) is 78.4 cm³/mol. The SMILES string of the molecule is Cc1cc(NC(=O)COc2ccc(Cl)cc2)ccc1O. The smallest absolute Gasteiger partial charge is 0.262 e. The molecule has 0 radical (unpaired) electrons. The predicted octanol–water partition coefficient (Wildman–Crippen LogP) is 3.37. The zero-order valence-corrected chi connectivity index (χ0v) is 11.6. The molecule has 0 aliphatic heterocycles. The summed E-state index contributed by atoms with van der Waals surface area (Å²) in [6, 6.07) is 11.6. The Morgan fingerprint density at radius 1 is 1.25 bits per heavy atom. The summed E-state index contributed by atoms with van der Waals surface area (Å²) in [6.07, 6.45) is 0. The molecule has 4 nitrogen and oxygen atoms in total. The summed E-state index contributed by atoms with van der Waals surface area (Å²) in [7, 11) is 0. The van der Waals surface area contributed by atoms with E-state index in [0.717, 1.165) is 0 Å². The Labute approximate surface area is 122 Å². The molecule has 0 heterocycles. The molecule has 2 N–H and O–H groups in total. The maximum atomic E-state index is 11.7. The largest absolute Gasteiger partial charge is 0.508 e. The van der Waals surface area contributed by atoms with Crippen LogP contribution in [0.15, 0.2) is 42.5 Å². The van der Waals surface area contributed by atoms with Gasteiger partial charge in [0.15, 0.2) is 6.61 Å². The summed E-state index contributed by atoms with van der Waals surface area (Å²) in [6.45, 7) is 1.66. The van der Waals surface area contributed by atoms with E-state index >= 15 is 0 Å². The van der Waals surface area contributed by atoms with E-state index in [9.17, 15) is 9.90 Å². The second-order valence-corrected chi connectivity index (χ2v) is 4.73. The highest BCUT2D eigenvalue weighted by Crippen LogP contribution is 2.20. The number of amides is 1. The number of phenolic OH excluding ortho intramolecular Hbond substituents is 1. The zero-order chi connectivity index (χ0) is 14.5. The van der Waals surface area contributed by atoms with Gasteiger partial charge in [-0.05, 0) is 55.0 Å². The minimum absolute atomic E-state index is 0.0957. The molecule has 0 aromatic heterocycles. The highest BCUT2D eigenvalue weighted by molar-refractivity contribution is 6.30. The van der Waals surface area contributed by atoms with Crippen LogP contribution in [0.25, 0.3) is 0 Å². The Morgan fingerprint density at radius 2 is 1.95 bits per heavy atom. The monoisotopic (exact) mass is 291 g/mol. The van der Waals surface area contributed by atoms with Gasteiger partial charge in [-0.1, -0.05) is 11.6 Å². The molecule has 0 unspecified atom stereocenters. The summed E-state index contributed by atoms with van der Waals surface area (Å²) in [5.41, 5.74) is 1.31. The normalized spacial score (nSPS) is 10.1. The van der Waals surface area contributed by atoms with Crippen LogP contribution >= 0.6 is 11.6 Å². The van der Waals surface area contributed by atoms with Crippen molar-refractivity contribution in [2.75, 3.05) is 11.9 Å². The maximum Gasteiger partial charge on any atom is 0.262 e. The summed E-state index contributed by atoms with van der Waals surface area (Å²) in [5.74, 6) is 0.497. The molecule has 20 heavy (non-hydrogen) atoms. The fraction of sp³-hybridized carbons (Fsp3) is 0.133. The van der Waals surface area contributed by atoms with Crippen LogP contribution in [0.4, 0.5) is 5.69 Å². The first-order valence-corrected chi connectivity index (χ1v) is 6.40. The standard InChI is InChI=1S/C15H14ClNO3/c1-10-8-12(4-7-14(10)18)17-15(19)9-20-13-5-2-11(16)3-6-13/h2-8,18H,9H2,1H3,(H,17,19). The number of benzene rings is 2. The molecular weight excluding hydrogens is 278 g/mol. The minimum Gasteiger partial charge on any atom is -0.508 e. The van der Waals surface area contributed by atoms with Crippen LogP contribution in [0.5, 0.6) is 11.5 Å². The number of anilines is 1. The second-order valence-electron chi connectivity index (χ2n) is 4.29. The van der Waals surface area contributed by atoms with Crippen LogP contribution < -0.4 is 10.1 Å². The number of ether oxygens (including phenoxy) is 1. The summed E-state index contributed by atoms with van der Waals surface area (Å²) >= 11 is 5.75. The summed E-state index contributed by atoms with van der Waals surface area (Å²) < 4.78 is 5.33. The molecule has 0 saturated carbocycles. The highest BCUT2D eigenvalue weighted by Gasteiger charge is 2.05. The van der Waals surface area contributed by atoms with Gasteiger partial charge in [0, 0.05) is 10.7 Å². The Balaban J connectivity index is 1.89. The lowest BCUT2D eigenvalue weighted by molar-refractivity contribution is -0.118. The van der Waals surface area contributed by atoms with Crippen molar-refractivity contribution in [2.45, 2.75) is 6.92 Å². The maximum absolute atomic E-state index is 11.7. The molecule has 2 rings (SSSR count). The van der Waals surface area contributed by atoms with Crippen LogP contribution in [0.3, 0.4) is 0 Å². The number of hydrogen-bond acceptors (Lipinski definition) is 3. The van der Waals surface area contributed by atoms with Crippen molar-refractivity contribution in [1.29, 1.82) is 0 Å². The van der Waals surface area contributed by atoms with Gasteiger partial charge >= 0.3 is 0 Å². The summed E-state index contributed by atoms with van der Waals surface area (Å²) in [4.78, 5) is 11.7. The fourth-order valence-electron chi connectivity index (χ4n) is 1.61. The number of hydrogen-bond donors (Lipinski definition) is 2. The van der Waals surface area contributed by atoms with Crippen molar-refractivity contribution < 1.29 is 14.6 Å².